The third-order valence-electron chi connectivity index (χ3n) is 4.87. The van der Waals surface area contributed by atoms with Crippen molar-refractivity contribution in [3.8, 4) is 0 Å². The summed E-state index contributed by atoms with van der Waals surface area (Å²) in [6, 6.07) is 10.7. The van der Waals surface area contributed by atoms with E-state index in [1.807, 2.05) is 23.4 Å². The van der Waals surface area contributed by atoms with E-state index in [0.29, 0.717) is 13.0 Å². The van der Waals surface area contributed by atoms with Crippen molar-refractivity contribution < 1.29 is 4.79 Å². The number of amides is 1. The van der Waals surface area contributed by atoms with Crippen LogP contribution in [0.15, 0.2) is 42.7 Å². The van der Waals surface area contributed by atoms with Gasteiger partial charge >= 0.3 is 0 Å². The van der Waals surface area contributed by atoms with Crippen LogP contribution < -0.4 is 0 Å². The van der Waals surface area contributed by atoms with Gasteiger partial charge in [0, 0.05) is 51.4 Å². The van der Waals surface area contributed by atoms with Crippen LogP contribution >= 0.6 is 0 Å². The molecular weight excluding hydrogens is 300 g/mol. The molecule has 24 heavy (non-hydrogen) atoms. The molecule has 0 spiro atoms. The van der Waals surface area contributed by atoms with Crippen molar-refractivity contribution in [2.24, 2.45) is 0 Å². The quantitative estimate of drug-likeness (QED) is 0.847. The summed E-state index contributed by atoms with van der Waals surface area (Å²) in [5.74, 6) is 1.28. The number of benzene rings is 1. The Morgan fingerprint density at radius 1 is 1.25 bits per heavy atom. The first-order valence-corrected chi connectivity index (χ1v) is 8.72. The molecule has 0 radical (unpaired) electrons. The molecule has 0 N–H and O–H groups in total. The van der Waals surface area contributed by atoms with Gasteiger partial charge in [-0.15, -0.1) is 0 Å². The Morgan fingerprint density at radius 3 is 2.79 bits per heavy atom. The van der Waals surface area contributed by atoms with Crippen LogP contribution in [0.1, 0.15) is 30.8 Å². The molecule has 2 aromatic rings. The zero-order valence-corrected chi connectivity index (χ0v) is 14.6. The number of imidazole rings is 1. The molecule has 1 aliphatic heterocycles. The maximum Gasteiger partial charge on any atom is 0.224 e. The van der Waals surface area contributed by atoms with Crippen LogP contribution in [0, 0.1) is 0 Å². The van der Waals surface area contributed by atoms with Crippen LogP contribution in [-0.2, 0) is 17.8 Å². The van der Waals surface area contributed by atoms with Crippen LogP contribution in [0.5, 0.6) is 0 Å². The van der Waals surface area contributed by atoms with Crippen LogP contribution in [0.3, 0.4) is 0 Å². The molecule has 5 nitrogen and oxygen atoms in total. The summed E-state index contributed by atoms with van der Waals surface area (Å²) in [7, 11) is 2.14. The van der Waals surface area contributed by atoms with E-state index in [1.54, 1.807) is 0 Å². The van der Waals surface area contributed by atoms with E-state index < -0.39 is 0 Å². The lowest BCUT2D eigenvalue weighted by molar-refractivity contribution is -0.134. The Balaban J connectivity index is 1.61. The minimum atomic E-state index is 0.236. The zero-order valence-electron chi connectivity index (χ0n) is 14.6. The van der Waals surface area contributed by atoms with Crippen molar-refractivity contribution in [1.29, 1.82) is 0 Å². The van der Waals surface area contributed by atoms with E-state index >= 15 is 0 Å². The molecular formula is C19H26N4O. The number of hydrogen-bond acceptors (Lipinski definition) is 3. The molecule has 5 heteroatoms. The highest BCUT2D eigenvalue weighted by Gasteiger charge is 2.28. The molecule has 0 aliphatic carbocycles. The van der Waals surface area contributed by atoms with Crippen LogP contribution in [0.4, 0.5) is 0 Å². The van der Waals surface area contributed by atoms with Crippen molar-refractivity contribution in [2.75, 3.05) is 26.7 Å². The van der Waals surface area contributed by atoms with Crippen molar-refractivity contribution in [1.82, 2.24) is 19.4 Å². The van der Waals surface area contributed by atoms with Gasteiger partial charge in [-0.25, -0.2) is 4.98 Å². The molecule has 1 aromatic heterocycles. The lowest BCUT2D eigenvalue weighted by Gasteiger charge is -2.39. The van der Waals surface area contributed by atoms with Gasteiger partial charge in [0.05, 0.1) is 6.04 Å². The van der Waals surface area contributed by atoms with Gasteiger partial charge in [-0.05, 0) is 12.6 Å². The Kier molecular flexibility index (Phi) is 5.30. The zero-order chi connectivity index (χ0) is 16.9. The first-order valence-electron chi connectivity index (χ1n) is 8.72. The lowest BCUT2D eigenvalue weighted by Crippen LogP contribution is -2.49. The molecule has 1 aliphatic rings. The van der Waals surface area contributed by atoms with Gasteiger partial charge in [0.2, 0.25) is 5.91 Å². The molecule has 1 atom stereocenters. The van der Waals surface area contributed by atoms with Gasteiger partial charge in [-0.1, -0.05) is 37.3 Å². The fourth-order valence-corrected chi connectivity index (χ4v) is 3.37. The van der Waals surface area contributed by atoms with Crippen molar-refractivity contribution >= 4 is 5.91 Å². The molecule has 1 amide bonds. The topological polar surface area (TPSA) is 41.4 Å². The number of carbonyl (C=O) groups is 1. The van der Waals surface area contributed by atoms with E-state index in [9.17, 15) is 4.79 Å². The Labute approximate surface area is 143 Å². The average molecular weight is 326 g/mol. The maximum absolute atomic E-state index is 12.7. The summed E-state index contributed by atoms with van der Waals surface area (Å²) in [6.07, 6.45) is 5.20. The summed E-state index contributed by atoms with van der Waals surface area (Å²) < 4.78 is 2.09. The number of likely N-dealkylation sites (N-methyl/N-ethyl adjacent to an activating group) is 1. The van der Waals surface area contributed by atoms with Crippen molar-refractivity contribution in [3.63, 3.8) is 0 Å². The summed E-state index contributed by atoms with van der Waals surface area (Å²) in [6.45, 7) is 5.29. The van der Waals surface area contributed by atoms with Gasteiger partial charge in [-0.2, -0.15) is 0 Å². The summed E-state index contributed by atoms with van der Waals surface area (Å²) in [5, 5.41) is 0. The molecule has 2 heterocycles. The summed E-state index contributed by atoms with van der Waals surface area (Å²) >= 11 is 0. The Hall–Kier alpha value is -2.14. The number of carbonyl (C=O) groups excluding carboxylic acids is 1. The largest absolute Gasteiger partial charge is 0.339 e. The van der Waals surface area contributed by atoms with Crippen LogP contribution in [0.2, 0.25) is 0 Å². The Bertz CT molecular complexity index is 667. The first-order chi connectivity index (χ1) is 11.7. The van der Waals surface area contributed by atoms with Crippen molar-refractivity contribution in [2.45, 2.75) is 32.4 Å². The molecule has 1 unspecified atom stereocenters. The molecule has 0 bridgehead atoms. The maximum atomic E-state index is 12.7. The van der Waals surface area contributed by atoms with Gasteiger partial charge in [0.25, 0.3) is 0 Å². The Morgan fingerprint density at radius 2 is 2.04 bits per heavy atom. The highest BCUT2D eigenvalue weighted by atomic mass is 16.2. The van der Waals surface area contributed by atoms with Gasteiger partial charge in [0.1, 0.15) is 5.82 Å². The normalized spacial score (nSPS) is 18.8. The van der Waals surface area contributed by atoms with E-state index in [-0.39, 0.29) is 11.9 Å². The fourth-order valence-electron chi connectivity index (χ4n) is 3.37. The monoisotopic (exact) mass is 326 g/mol. The molecule has 128 valence electrons. The van der Waals surface area contributed by atoms with Gasteiger partial charge in [0.15, 0.2) is 0 Å². The first kappa shape index (κ1) is 16.7. The predicted molar refractivity (Wildman–Crippen MR) is 94.6 cm³/mol. The van der Waals surface area contributed by atoms with Gasteiger partial charge < -0.3 is 9.47 Å². The SMILES string of the molecule is CCc1nccn1CCC(=O)N1CCN(C)C(c2ccccc2)C1. The number of piperazine rings is 1. The molecule has 1 saturated heterocycles. The highest BCUT2D eigenvalue weighted by molar-refractivity contribution is 5.76. The standard InChI is InChI=1S/C19H26N4O/c1-3-18-20-10-12-22(18)11-9-19(24)23-14-13-21(2)17(15-23)16-7-5-4-6-8-16/h4-8,10,12,17H,3,9,11,13-15H2,1-2H3. The number of aromatic nitrogens is 2. The second-order valence-electron chi connectivity index (χ2n) is 6.39. The lowest BCUT2D eigenvalue weighted by atomic mass is 10.0. The number of rotatable bonds is 5. The van der Waals surface area contributed by atoms with Crippen LogP contribution in [-0.4, -0.2) is 51.9 Å². The van der Waals surface area contributed by atoms with E-state index in [4.69, 9.17) is 0 Å². The summed E-state index contributed by atoms with van der Waals surface area (Å²) in [5.41, 5.74) is 1.28. The smallest absolute Gasteiger partial charge is 0.224 e. The average Bonchev–Trinajstić information content (AvgIpc) is 3.08. The molecule has 0 saturated carbocycles. The third-order valence-corrected chi connectivity index (χ3v) is 4.87. The van der Waals surface area contributed by atoms with Crippen LogP contribution in [0.25, 0.3) is 0 Å². The number of aryl methyl sites for hydroxylation is 2. The second-order valence-corrected chi connectivity index (χ2v) is 6.39. The van der Waals surface area contributed by atoms with Crippen molar-refractivity contribution in [3.05, 3.63) is 54.1 Å². The third kappa shape index (κ3) is 3.67. The molecule has 1 aromatic carbocycles. The minimum Gasteiger partial charge on any atom is -0.339 e. The predicted octanol–water partition coefficient (Wildman–Crippen LogP) is 2.35. The fraction of sp³-hybridized carbons (Fsp3) is 0.474. The van der Waals surface area contributed by atoms with Gasteiger partial charge in [-0.3, -0.25) is 9.69 Å². The highest BCUT2D eigenvalue weighted by Crippen LogP contribution is 2.24. The number of hydrogen-bond donors (Lipinski definition) is 0. The summed E-state index contributed by atoms with van der Waals surface area (Å²) in [4.78, 5) is 21.3. The van der Waals surface area contributed by atoms with E-state index in [0.717, 1.165) is 31.9 Å². The molecule has 1 fully saturated rings. The number of nitrogens with zero attached hydrogens (tertiary/aromatic N) is 4. The van der Waals surface area contributed by atoms with E-state index in [2.05, 4.69) is 52.7 Å². The minimum absolute atomic E-state index is 0.236. The van der Waals surface area contributed by atoms with E-state index in [1.165, 1.54) is 5.56 Å². The second kappa shape index (κ2) is 7.62. The molecule has 3 rings (SSSR count).